The average Bonchev–Trinajstić information content (AvgIpc) is 3.23. The highest BCUT2D eigenvalue weighted by molar-refractivity contribution is 7.89. The highest BCUT2D eigenvalue weighted by Gasteiger charge is 2.30. The summed E-state index contributed by atoms with van der Waals surface area (Å²) in [4.78, 5) is 1.56. The molecule has 0 radical (unpaired) electrons. The van der Waals surface area contributed by atoms with Crippen LogP contribution in [0.1, 0.15) is 24.4 Å². The summed E-state index contributed by atoms with van der Waals surface area (Å²) in [5.74, 6) is 0. The van der Waals surface area contributed by atoms with Gasteiger partial charge in [0.1, 0.15) is 10.9 Å². The van der Waals surface area contributed by atoms with Crippen LogP contribution in [0, 0.1) is 0 Å². The zero-order valence-electron chi connectivity index (χ0n) is 15.6. The van der Waals surface area contributed by atoms with Gasteiger partial charge in [0.15, 0.2) is 0 Å². The number of quaternary nitrogens is 1. The molecule has 0 spiro atoms. The van der Waals surface area contributed by atoms with Crippen LogP contribution in [-0.4, -0.2) is 28.1 Å². The lowest BCUT2D eigenvalue weighted by Crippen LogP contribution is -3.11. The van der Waals surface area contributed by atoms with Gasteiger partial charge >= 0.3 is 0 Å². The maximum absolute atomic E-state index is 12.9. The summed E-state index contributed by atoms with van der Waals surface area (Å²) >= 11 is 6.12. The van der Waals surface area contributed by atoms with Crippen LogP contribution in [0.3, 0.4) is 0 Å². The van der Waals surface area contributed by atoms with Gasteiger partial charge in [-0.1, -0.05) is 66.2 Å². The van der Waals surface area contributed by atoms with Crippen LogP contribution >= 0.6 is 11.6 Å². The molecule has 146 valence electrons. The predicted octanol–water partition coefficient (Wildman–Crippen LogP) is 3.19. The molecule has 0 unspecified atom stereocenters. The second-order valence-electron chi connectivity index (χ2n) is 7.27. The Morgan fingerprint density at radius 2 is 1.61 bits per heavy atom. The van der Waals surface area contributed by atoms with Crippen molar-refractivity contribution in [1.82, 2.24) is 4.72 Å². The van der Waals surface area contributed by atoms with Crippen molar-refractivity contribution in [3.63, 3.8) is 0 Å². The van der Waals surface area contributed by atoms with Crippen LogP contribution in [0.4, 0.5) is 0 Å². The molecule has 0 aliphatic carbocycles. The van der Waals surface area contributed by atoms with E-state index in [0.717, 1.165) is 13.1 Å². The van der Waals surface area contributed by atoms with E-state index in [4.69, 9.17) is 11.6 Å². The number of fused-ring (bicyclic) bond motifs is 1. The number of nitrogens with one attached hydrogen (secondary N) is 2. The summed E-state index contributed by atoms with van der Waals surface area (Å²) in [7, 11) is -3.67. The molecule has 0 bridgehead atoms. The molecule has 6 heteroatoms. The smallest absolute Gasteiger partial charge is 0.242 e. The third-order valence-electron chi connectivity index (χ3n) is 5.54. The molecule has 3 aromatic rings. The number of halogens is 1. The van der Waals surface area contributed by atoms with E-state index < -0.39 is 10.0 Å². The maximum atomic E-state index is 12.9. The summed E-state index contributed by atoms with van der Waals surface area (Å²) in [5.41, 5.74) is 1.19. The van der Waals surface area contributed by atoms with Crippen molar-refractivity contribution < 1.29 is 13.3 Å². The Hall–Kier alpha value is -1.92. The quantitative estimate of drug-likeness (QED) is 0.649. The fourth-order valence-corrected chi connectivity index (χ4v) is 5.70. The van der Waals surface area contributed by atoms with Gasteiger partial charge in [-0.3, -0.25) is 0 Å². The number of hydrogen-bond donors (Lipinski definition) is 2. The Balaban J connectivity index is 1.67. The summed E-state index contributed by atoms with van der Waals surface area (Å²) in [6, 6.07) is 21.2. The average molecular weight is 416 g/mol. The van der Waals surface area contributed by atoms with Crippen molar-refractivity contribution in [2.24, 2.45) is 0 Å². The molecule has 0 saturated carbocycles. The zero-order chi connectivity index (χ0) is 19.6. The van der Waals surface area contributed by atoms with Crippen LogP contribution in [0.15, 0.2) is 71.6 Å². The Kier molecular flexibility index (Phi) is 5.69. The van der Waals surface area contributed by atoms with E-state index in [1.54, 1.807) is 24.3 Å². The van der Waals surface area contributed by atoms with Crippen LogP contribution in [0.25, 0.3) is 10.8 Å². The van der Waals surface area contributed by atoms with Gasteiger partial charge in [-0.2, -0.15) is 0 Å². The van der Waals surface area contributed by atoms with Crippen molar-refractivity contribution in [3.8, 4) is 0 Å². The lowest BCUT2D eigenvalue weighted by molar-refractivity contribution is -0.918. The Bertz CT molecular complexity index is 1070. The minimum atomic E-state index is -3.67. The number of likely N-dealkylation sites (tertiary alicyclic amines) is 1. The fourth-order valence-electron chi connectivity index (χ4n) is 4.14. The van der Waals surface area contributed by atoms with E-state index in [9.17, 15) is 8.42 Å². The summed E-state index contributed by atoms with van der Waals surface area (Å²) < 4.78 is 28.5. The van der Waals surface area contributed by atoms with Gasteiger partial charge in [-0.25, -0.2) is 13.1 Å². The Morgan fingerprint density at radius 1 is 0.929 bits per heavy atom. The SMILES string of the molecule is O=S(=O)(NC[C@H](c1cccc2ccccc12)[NH+]1CCCC1)c1ccccc1Cl. The van der Waals surface area contributed by atoms with E-state index in [0.29, 0.717) is 6.54 Å². The van der Waals surface area contributed by atoms with E-state index in [-0.39, 0.29) is 16.0 Å². The van der Waals surface area contributed by atoms with E-state index in [2.05, 4.69) is 35.1 Å². The highest BCUT2D eigenvalue weighted by atomic mass is 35.5. The lowest BCUT2D eigenvalue weighted by atomic mass is 9.98. The first-order valence-corrected chi connectivity index (χ1v) is 11.5. The first-order valence-electron chi connectivity index (χ1n) is 9.63. The molecule has 1 fully saturated rings. The molecule has 1 aliphatic rings. The zero-order valence-corrected chi connectivity index (χ0v) is 17.1. The van der Waals surface area contributed by atoms with Gasteiger partial charge in [0.25, 0.3) is 0 Å². The molecular formula is C22H24ClN2O2S+. The molecule has 1 saturated heterocycles. The number of sulfonamides is 1. The molecule has 0 amide bonds. The number of hydrogen-bond acceptors (Lipinski definition) is 2. The van der Waals surface area contributed by atoms with Crippen molar-refractivity contribution in [1.29, 1.82) is 0 Å². The second-order valence-corrected chi connectivity index (χ2v) is 9.41. The number of benzene rings is 3. The first-order chi connectivity index (χ1) is 13.6. The van der Waals surface area contributed by atoms with Crippen LogP contribution < -0.4 is 9.62 Å². The third-order valence-corrected chi connectivity index (χ3v) is 7.46. The monoisotopic (exact) mass is 415 g/mol. The van der Waals surface area contributed by atoms with Crippen LogP contribution in [0.5, 0.6) is 0 Å². The van der Waals surface area contributed by atoms with Crippen LogP contribution in [0.2, 0.25) is 5.02 Å². The summed E-state index contributed by atoms with van der Waals surface area (Å²) in [5, 5.41) is 2.61. The van der Waals surface area contributed by atoms with E-state index in [1.165, 1.54) is 34.1 Å². The molecule has 2 N–H and O–H groups in total. The van der Waals surface area contributed by atoms with Crippen LogP contribution in [-0.2, 0) is 10.0 Å². The van der Waals surface area contributed by atoms with E-state index >= 15 is 0 Å². The van der Waals surface area contributed by atoms with Gasteiger partial charge in [-0.05, 0) is 22.9 Å². The molecule has 28 heavy (non-hydrogen) atoms. The van der Waals surface area contributed by atoms with Gasteiger partial charge in [-0.15, -0.1) is 0 Å². The standard InChI is InChI=1S/C22H23ClN2O2S/c23-20-12-3-4-13-22(20)28(26,27)24-16-21(25-14-5-6-15-25)19-11-7-9-17-8-1-2-10-18(17)19/h1-4,7-13,21,24H,5-6,14-16H2/p+1/t21-/m1/s1. The van der Waals surface area contributed by atoms with Crippen molar-refractivity contribution in [3.05, 3.63) is 77.3 Å². The van der Waals surface area contributed by atoms with Gasteiger partial charge in [0, 0.05) is 18.4 Å². The molecular weight excluding hydrogens is 392 g/mol. The minimum Gasteiger partial charge on any atom is -0.328 e. The second kappa shape index (κ2) is 8.21. The van der Waals surface area contributed by atoms with E-state index in [1.807, 2.05) is 12.1 Å². The molecule has 4 rings (SSSR count). The van der Waals surface area contributed by atoms with Gasteiger partial charge < -0.3 is 4.90 Å². The van der Waals surface area contributed by atoms with Gasteiger partial charge in [0.2, 0.25) is 10.0 Å². The van der Waals surface area contributed by atoms with Crippen molar-refractivity contribution in [2.45, 2.75) is 23.8 Å². The Labute approximate surface area is 171 Å². The summed E-state index contributed by atoms with van der Waals surface area (Å²) in [6.07, 6.45) is 2.35. The molecule has 0 aromatic heterocycles. The summed E-state index contributed by atoms with van der Waals surface area (Å²) in [6.45, 7) is 2.46. The normalized spacial score (nSPS) is 16.5. The number of rotatable bonds is 6. The highest BCUT2D eigenvalue weighted by Crippen LogP contribution is 2.25. The third kappa shape index (κ3) is 3.94. The molecule has 1 atom stereocenters. The maximum Gasteiger partial charge on any atom is 0.242 e. The van der Waals surface area contributed by atoms with Crippen molar-refractivity contribution >= 4 is 32.4 Å². The molecule has 1 heterocycles. The van der Waals surface area contributed by atoms with Crippen molar-refractivity contribution in [2.75, 3.05) is 19.6 Å². The fraction of sp³-hybridized carbons (Fsp3) is 0.273. The molecule has 3 aromatic carbocycles. The predicted molar refractivity (Wildman–Crippen MR) is 113 cm³/mol. The Morgan fingerprint density at radius 3 is 2.39 bits per heavy atom. The topological polar surface area (TPSA) is 50.6 Å². The lowest BCUT2D eigenvalue weighted by Gasteiger charge is -2.26. The largest absolute Gasteiger partial charge is 0.328 e. The minimum absolute atomic E-state index is 0.0610. The first kappa shape index (κ1) is 19.4. The molecule has 4 nitrogen and oxygen atoms in total. The molecule has 1 aliphatic heterocycles. The van der Waals surface area contributed by atoms with Gasteiger partial charge in [0.05, 0.1) is 24.7 Å².